The number of benzene rings is 1. The Kier molecular flexibility index (Phi) is 3.71. The lowest BCUT2D eigenvalue weighted by Crippen LogP contribution is -2.37. The van der Waals surface area contributed by atoms with E-state index in [1.54, 1.807) is 18.1 Å². The molecule has 0 N–H and O–H groups in total. The first-order valence-electron chi connectivity index (χ1n) is 8.40. The normalized spacial score (nSPS) is 17.3. The number of amides is 1. The number of carbonyl (C=O) groups is 1. The maximum absolute atomic E-state index is 12.7. The van der Waals surface area contributed by atoms with Crippen molar-refractivity contribution in [1.82, 2.24) is 9.88 Å². The Morgan fingerprint density at radius 3 is 2.88 bits per heavy atom. The third-order valence-electron chi connectivity index (χ3n) is 4.56. The van der Waals surface area contributed by atoms with Gasteiger partial charge >= 0.3 is 0 Å². The predicted octanol–water partition coefficient (Wildman–Crippen LogP) is 3.75. The molecule has 5 heteroatoms. The first-order valence-corrected chi connectivity index (χ1v) is 8.40. The number of rotatable bonds is 2. The van der Waals surface area contributed by atoms with Crippen LogP contribution in [0.4, 0.5) is 0 Å². The second kappa shape index (κ2) is 5.92. The van der Waals surface area contributed by atoms with E-state index in [1.807, 2.05) is 18.2 Å². The van der Waals surface area contributed by atoms with E-state index in [-0.39, 0.29) is 5.91 Å². The van der Waals surface area contributed by atoms with Crippen LogP contribution in [0.2, 0.25) is 0 Å². The number of hydrogen-bond acceptors (Lipinski definition) is 4. The largest absolute Gasteiger partial charge is 0.467 e. The molecular weight excluding hydrogens is 316 g/mol. The van der Waals surface area contributed by atoms with Crippen molar-refractivity contribution in [2.24, 2.45) is 0 Å². The van der Waals surface area contributed by atoms with Gasteiger partial charge in [-0.05, 0) is 56.2 Å². The van der Waals surface area contributed by atoms with Crippen LogP contribution < -0.4 is 4.74 Å². The molecular formula is C20H20N2O3. The number of pyridine rings is 1. The number of hydrogen-bond donors (Lipinski definition) is 0. The van der Waals surface area contributed by atoms with Crippen LogP contribution >= 0.6 is 0 Å². The van der Waals surface area contributed by atoms with Gasteiger partial charge in [0.25, 0.3) is 5.91 Å². The van der Waals surface area contributed by atoms with Crippen LogP contribution in [0.1, 0.15) is 29.4 Å². The van der Waals surface area contributed by atoms with Crippen molar-refractivity contribution < 1.29 is 13.9 Å². The fraction of sp³-hybridized carbons (Fsp3) is 0.300. The highest BCUT2D eigenvalue weighted by Gasteiger charge is 2.29. The van der Waals surface area contributed by atoms with Gasteiger partial charge in [0.2, 0.25) is 5.88 Å². The molecule has 0 aliphatic carbocycles. The van der Waals surface area contributed by atoms with Gasteiger partial charge in [-0.2, -0.15) is 0 Å². The summed E-state index contributed by atoms with van der Waals surface area (Å²) in [6, 6.07) is 9.97. The molecule has 2 aromatic heterocycles. The van der Waals surface area contributed by atoms with E-state index in [4.69, 9.17) is 9.15 Å². The first-order chi connectivity index (χ1) is 12.0. The SMILES string of the molecule is Cc1cc(C)c2cc3c(nc2c1)O[C@@H](C)C(=O)N(Cc1ccco1)C3. The summed E-state index contributed by atoms with van der Waals surface area (Å²) < 4.78 is 11.3. The zero-order valence-corrected chi connectivity index (χ0v) is 14.6. The van der Waals surface area contributed by atoms with Crippen LogP contribution in [0.5, 0.6) is 5.88 Å². The third-order valence-corrected chi connectivity index (χ3v) is 4.56. The quantitative estimate of drug-likeness (QED) is 0.715. The molecule has 1 atom stereocenters. The van der Waals surface area contributed by atoms with Crippen molar-refractivity contribution in [1.29, 1.82) is 0 Å². The van der Waals surface area contributed by atoms with Crippen LogP contribution in [0.15, 0.2) is 41.0 Å². The number of furan rings is 1. The summed E-state index contributed by atoms with van der Waals surface area (Å²) in [5, 5.41) is 1.09. The molecule has 1 aliphatic rings. The first kappa shape index (κ1) is 15.7. The predicted molar refractivity (Wildman–Crippen MR) is 94.3 cm³/mol. The van der Waals surface area contributed by atoms with Crippen LogP contribution in [-0.4, -0.2) is 21.9 Å². The molecule has 0 saturated heterocycles. The van der Waals surface area contributed by atoms with Crippen molar-refractivity contribution in [3.63, 3.8) is 0 Å². The lowest BCUT2D eigenvalue weighted by Gasteiger charge is -2.20. The second-order valence-corrected chi connectivity index (χ2v) is 6.63. The summed E-state index contributed by atoms with van der Waals surface area (Å²) in [7, 11) is 0. The molecule has 3 heterocycles. The minimum absolute atomic E-state index is 0.0636. The van der Waals surface area contributed by atoms with Crippen molar-refractivity contribution in [2.45, 2.75) is 40.0 Å². The van der Waals surface area contributed by atoms with E-state index >= 15 is 0 Å². The van der Waals surface area contributed by atoms with E-state index in [9.17, 15) is 4.79 Å². The molecule has 4 rings (SSSR count). The smallest absolute Gasteiger partial charge is 0.264 e. The molecule has 0 unspecified atom stereocenters. The Hall–Kier alpha value is -2.82. The molecule has 5 nitrogen and oxygen atoms in total. The molecule has 0 fully saturated rings. The highest BCUT2D eigenvalue weighted by molar-refractivity contribution is 5.86. The molecule has 0 saturated carbocycles. The van der Waals surface area contributed by atoms with Crippen molar-refractivity contribution >= 4 is 16.8 Å². The summed E-state index contributed by atoms with van der Waals surface area (Å²) in [5.41, 5.74) is 4.15. The van der Waals surface area contributed by atoms with Gasteiger partial charge in [-0.1, -0.05) is 6.07 Å². The monoisotopic (exact) mass is 336 g/mol. The van der Waals surface area contributed by atoms with Gasteiger partial charge in [0, 0.05) is 10.9 Å². The second-order valence-electron chi connectivity index (χ2n) is 6.63. The summed E-state index contributed by atoms with van der Waals surface area (Å²) in [6.07, 6.45) is 1.04. The van der Waals surface area contributed by atoms with Crippen molar-refractivity contribution in [2.75, 3.05) is 0 Å². The van der Waals surface area contributed by atoms with Gasteiger partial charge in [0.05, 0.1) is 24.9 Å². The van der Waals surface area contributed by atoms with Gasteiger partial charge in [-0.3, -0.25) is 4.79 Å². The Morgan fingerprint density at radius 2 is 2.12 bits per heavy atom. The highest BCUT2D eigenvalue weighted by atomic mass is 16.5. The van der Waals surface area contributed by atoms with E-state index < -0.39 is 6.10 Å². The molecule has 1 aromatic carbocycles. The topological polar surface area (TPSA) is 55.6 Å². The molecule has 128 valence electrons. The highest BCUT2D eigenvalue weighted by Crippen LogP contribution is 2.30. The maximum Gasteiger partial charge on any atom is 0.264 e. The lowest BCUT2D eigenvalue weighted by molar-refractivity contribution is -0.138. The lowest BCUT2D eigenvalue weighted by atomic mass is 10.0. The van der Waals surface area contributed by atoms with E-state index in [0.29, 0.717) is 19.0 Å². The average molecular weight is 336 g/mol. The zero-order valence-electron chi connectivity index (χ0n) is 14.6. The van der Waals surface area contributed by atoms with Crippen LogP contribution in [0.25, 0.3) is 10.9 Å². The minimum atomic E-state index is -0.577. The van der Waals surface area contributed by atoms with Gasteiger partial charge in [0.1, 0.15) is 5.76 Å². The van der Waals surface area contributed by atoms with Crippen molar-refractivity contribution in [3.8, 4) is 5.88 Å². The molecule has 1 amide bonds. The van der Waals surface area contributed by atoms with Gasteiger partial charge in [0.15, 0.2) is 6.10 Å². The maximum atomic E-state index is 12.7. The van der Waals surface area contributed by atoms with Crippen LogP contribution in [0, 0.1) is 13.8 Å². The zero-order chi connectivity index (χ0) is 17.6. The number of fused-ring (bicyclic) bond motifs is 2. The summed E-state index contributed by atoms with van der Waals surface area (Å²) in [5.74, 6) is 1.23. The summed E-state index contributed by atoms with van der Waals surface area (Å²) >= 11 is 0. The molecule has 0 radical (unpaired) electrons. The summed E-state index contributed by atoms with van der Waals surface area (Å²) in [4.78, 5) is 19.1. The van der Waals surface area contributed by atoms with E-state index in [2.05, 4.69) is 31.0 Å². The standard InChI is InChI=1S/C20H20N2O3/c1-12-7-13(2)17-9-15-10-22(11-16-5-4-6-24-16)20(23)14(3)25-19(15)21-18(17)8-12/h4-9,14H,10-11H2,1-3H3/t14-/m0/s1. The Labute approximate surface area is 146 Å². The molecule has 0 bridgehead atoms. The molecule has 25 heavy (non-hydrogen) atoms. The molecule has 3 aromatic rings. The third kappa shape index (κ3) is 2.86. The Balaban J connectivity index is 1.78. The number of carbonyl (C=O) groups excluding carboxylic acids is 1. The number of aromatic nitrogens is 1. The van der Waals surface area contributed by atoms with Gasteiger partial charge in [-0.25, -0.2) is 4.98 Å². The number of nitrogens with zero attached hydrogens (tertiary/aromatic N) is 2. The van der Waals surface area contributed by atoms with Gasteiger partial charge < -0.3 is 14.1 Å². The Morgan fingerprint density at radius 1 is 1.28 bits per heavy atom. The summed E-state index contributed by atoms with van der Waals surface area (Å²) in [6.45, 7) is 6.77. The van der Waals surface area contributed by atoms with E-state index in [0.717, 1.165) is 27.8 Å². The Bertz CT molecular complexity index is 947. The fourth-order valence-electron chi connectivity index (χ4n) is 3.35. The number of ether oxygens (including phenoxy) is 1. The van der Waals surface area contributed by atoms with Crippen molar-refractivity contribution in [3.05, 3.63) is 59.0 Å². The molecule has 0 spiro atoms. The number of aryl methyl sites for hydroxylation is 2. The fourth-order valence-corrected chi connectivity index (χ4v) is 3.35. The average Bonchev–Trinajstić information content (AvgIpc) is 3.03. The van der Waals surface area contributed by atoms with Crippen LogP contribution in [-0.2, 0) is 17.9 Å². The van der Waals surface area contributed by atoms with Gasteiger partial charge in [-0.15, -0.1) is 0 Å². The van der Waals surface area contributed by atoms with E-state index in [1.165, 1.54) is 5.56 Å². The van der Waals surface area contributed by atoms with Crippen LogP contribution in [0.3, 0.4) is 0 Å². The molecule has 1 aliphatic heterocycles. The minimum Gasteiger partial charge on any atom is -0.467 e.